The molecule has 0 saturated heterocycles. The minimum atomic E-state index is 0. The highest BCUT2D eigenvalue weighted by atomic mass is 14.7. The first-order valence-electron chi connectivity index (χ1n) is 25.3. The van der Waals surface area contributed by atoms with E-state index in [0.29, 0.717) is 0 Å². The summed E-state index contributed by atoms with van der Waals surface area (Å²) >= 11 is 0. The number of aryl methyl sites for hydroxylation is 1. The van der Waals surface area contributed by atoms with Crippen LogP contribution in [0.15, 0.2) is 146 Å². The van der Waals surface area contributed by atoms with E-state index in [1.165, 1.54) is 108 Å². The van der Waals surface area contributed by atoms with Gasteiger partial charge in [0.2, 0.25) is 0 Å². The highest BCUT2D eigenvalue weighted by Gasteiger charge is 2.14. The van der Waals surface area contributed by atoms with Crippen molar-refractivity contribution < 1.29 is 0 Å². The van der Waals surface area contributed by atoms with Crippen molar-refractivity contribution in [3.05, 3.63) is 179 Å². The van der Waals surface area contributed by atoms with Gasteiger partial charge in [-0.25, -0.2) is 0 Å². The summed E-state index contributed by atoms with van der Waals surface area (Å²) in [7, 11) is 0. The maximum Gasteiger partial charge on any atom is 0.0456 e. The molecule has 1 fully saturated rings. The zero-order chi connectivity index (χ0) is 47.1. The number of aromatic nitrogens is 1. The summed E-state index contributed by atoms with van der Waals surface area (Å²) in [5.41, 5.74) is 9.80. The van der Waals surface area contributed by atoms with Gasteiger partial charge in [-0.1, -0.05) is 262 Å². The molecule has 1 aliphatic rings. The van der Waals surface area contributed by atoms with Gasteiger partial charge in [-0.05, 0) is 121 Å². The molecule has 1 heterocycles. The van der Waals surface area contributed by atoms with E-state index in [1.807, 2.05) is 0 Å². The Morgan fingerprint density at radius 1 is 0.400 bits per heavy atom. The second-order valence-electron chi connectivity index (χ2n) is 20.9. The molecule has 0 bridgehead atoms. The van der Waals surface area contributed by atoms with Gasteiger partial charge in [0.25, 0.3) is 0 Å². The first kappa shape index (κ1) is 58.7. The summed E-state index contributed by atoms with van der Waals surface area (Å²) in [5.74, 6) is 5.78. The number of para-hydroxylation sites is 1. The van der Waals surface area contributed by atoms with Crippen molar-refractivity contribution in [1.29, 1.82) is 0 Å². The number of nitrogens with one attached hydrogen (secondary N) is 1. The van der Waals surface area contributed by atoms with Crippen LogP contribution in [0, 0.1) is 48.3 Å². The van der Waals surface area contributed by atoms with Crippen molar-refractivity contribution in [3.8, 4) is 0 Å². The summed E-state index contributed by atoms with van der Waals surface area (Å²) in [6.07, 6.45) is 17.1. The van der Waals surface area contributed by atoms with Crippen LogP contribution < -0.4 is 0 Å². The highest BCUT2D eigenvalue weighted by molar-refractivity contribution is 5.83. The summed E-state index contributed by atoms with van der Waals surface area (Å²) in [4.78, 5) is 3.29. The fraction of sp³-hybridized carbons (Fsp3) is 0.500. The third-order valence-electron chi connectivity index (χ3n) is 11.1. The number of hydrogen-bond donors (Lipinski definition) is 1. The van der Waals surface area contributed by atoms with Crippen molar-refractivity contribution in [3.63, 3.8) is 0 Å². The second kappa shape index (κ2) is 34.9. The summed E-state index contributed by atoms with van der Waals surface area (Å²) in [6.45, 7) is 29.3. The quantitative estimate of drug-likeness (QED) is 0.126. The van der Waals surface area contributed by atoms with Gasteiger partial charge in [-0.3, -0.25) is 0 Å². The Hall–Kier alpha value is -4.36. The molecule has 5 aromatic carbocycles. The van der Waals surface area contributed by atoms with Crippen LogP contribution in [0.4, 0.5) is 0 Å². The van der Waals surface area contributed by atoms with Gasteiger partial charge in [0.15, 0.2) is 0 Å². The zero-order valence-corrected chi connectivity index (χ0v) is 43.2. The van der Waals surface area contributed by atoms with Crippen LogP contribution in [0.3, 0.4) is 0 Å². The van der Waals surface area contributed by atoms with Crippen LogP contribution in [-0.2, 0) is 32.1 Å². The molecule has 65 heavy (non-hydrogen) atoms. The lowest BCUT2D eigenvalue weighted by atomic mass is 9.84. The minimum absolute atomic E-state index is 0. The highest BCUT2D eigenvalue weighted by Crippen LogP contribution is 2.28. The summed E-state index contributed by atoms with van der Waals surface area (Å²) < 4.78 is 0. The fourth-order valence-corrected chi connectivity index (χ4v) is 8.28. The van der Waals surface area contributed by atoms with Crippen LogP contribution in [0.2, 0.25) is 0 Å². The van der Waals surface area contributed by atoms with Crippen molar-refractivity contribution in [2.24, 2.45) is 41.4 Å². The van der Waals surface area contributed by atoms with Gasteiger partial charge < -0.3 is 4.98 Å². The van der Waals surface area contributed by atoms with Crippen LogP contribution in [0.25, 0.3) is 10.9 Å². The lowest BCUT2D eigenvalue weighted by Gasteiger charge is -2.22. The molecule has 1 aromatic heterocycles. The first-order chi connectivity index (χ1) is 30.6. The monoisotopic (exact) mass is 880 g/mol. The molecule has 1 N–H and O–H groups in total. The van der Waals surface area contributed by atoms with Crippen molar-refractivity contribution in [1.82, 2.24) is 4.98 Å². The van der Waals surface area contributed by atoms with E-state index in [9.17, 15) is 0 Å². The Balaban J connectivity index is 0.000000390. The molecule has 7 rings (SSSR count). The third-order valence-corrected chi connectivity index (χ3v) is 11.1. The van der Waals surface area contributed by atoms with E-state index < -0.39 is 0 Å². The summed E-state index contributed by atoms with van der Waals surface area (Å²) in [5, 5.41) is 1.37. The predicted octanol–water partition coefficient (Wildman–Crippen LogP) is 19.5. The van der Waals surface area contributed by atoms with Gasteiger partial charge in [-0.2, -0.15) is 0 Å². The lowest BCUT2D eigenvalue weighted by molar-refractivity contribution is 0.305. The van der Waals surface area contributed by atoms with E-state index in [4.69, 9.17) is 0 Å². The molecule has 358 valence electrons. The molecular weight excluding hydrogens is 783 g/mol. The zero-order valence-electron chi connectivity index (χ0n) is 43.2. The number of aromatic amines is 1. The molecular formula is C64H97N. The number of benzene rings is 5. The molecule has 0 amide bonds. The van der Waals surface area contributed by atoms with E-state index in [1.54, 1.807) is 0 Å². The molecule has 0 aliphatic heterocycles. The SMILES string of the molecule is C.CC(C)CC1CCCCC1.CC(C)Cc1c[nH]c2ccccc12.CC(C)Cc1ccccc1.CC(C)Cc1ccccc1.CC(C)Cc1ccccc1.Cc1ccc(CC(C)C)cc1. The molecule has 1 aliphatic carbocycles. The molecule has 1 nitrogen and oxygen atoms in total. The maximum atomic E-state index is 3.29. The van der Waals surface area contributed by atoms with Crippen LogP contribution in [0.1, 0.15) is 162 Å². The average molecular weight is 880 g/mol. The molecule has 6 aromatic rings. The number of hydrogen-bond acceptors (Lipinski definition) is 0. The van der Waals surface area contributed by atoms with Gasteiger partial charge in [0, 0.05) is 17.1 Å². The van der Waals surface area contributed by atoms with Gasteiger partial charge in [0.05, 0.1) is 0 Å². The molecule has 0 spiro atoms. The molecule has 1 saturated carbocycles. The summed E-state index contributed by atoms with van der Waals surface area (Å²) in [6, 6.07) is 49.1. The Labute approximate surface area is 402 Å². The van der Waals surface area contributed by atoms with Gasteiger partial charge in [0.1, 0.15) is 0 Å². The Bertz CT molecular complexity index is 1830. The second-order valence-corrected chi connectivity index (χ2v) is 20.9. The largest absolute Gasteiger partial charge is 0.361 e. The Morgan fingerprint density at radius 3 is 1.12 bits per heavy atom. The normalized spacial score (nSPS) is 12.2. The number of rotatable bonds is 12. The maximum absolute atomic E-state index is 3.29. The van der Waals surface area contributed by atoms with Crippen LogP contribution in [-0.4, -0.2) is 4.98 Å². The number of H-pyrrole nitrogens is 1. The van der Waals surface area contributed by atoms with Crippen molar-refractivity contribution in [2.75, 3.05) is 0 Å². The fourth-order valence-electron chi connectivity index (χ4n) is 8.28. The third kappa shape index (κ3) is 29.7. The van der Waals surface area contributed by atoms with Crippen LogP contribution >= 0.6 is 0 Å². The van der Waals surface area contributed by atoms with E-state index in [0.717, 1.165) is 47.8 Å². The van der Waals surface area contributed by atoms with E-state index >= 15 is 0 Å². The molecule has 0 atom stereocenters. The average Bonchev–Trinajstić information content (AvgIpc) is 3.65. The molecule has 0 unspecified atom stereocenters. The number of fused-ring (bicyclic) bond motifs is 1. The Kier molecular flexibility index (Phi) is 31.5. The predicted molar refractivity (Wildman–Crippen MR) is 294 cm³/mol. The van der Waals surface area contributed by atoms with E-state index in [-0.39, 0.29) is 7.43 Å². The van der Waals surface area contributed by atoms with E-state index in [2.05, 4.69) is 241 Å². The first-order valence-corrected chi connectivity index (χ1v) is 25.3. The lowest BCUT2D eigenvalue weighted by Crippen LogP contribution is -2.08. The van der Waals surface area contributed by atoms with Gasteiger partial charge in [-0.15, -0.1) is 0 Å². The molecule has 1 heteroatoms. The smallest absolute Gasteiger partial charge is 0.0456 e. The van der Waals surface area contributed by atoms with Gasteiger partial charge >= 0.3 is 0 Å². The van der Waals surface area contributed by atoms with Crippen LogP contribution in [0.5, 0.6) is 0 Å². The Morgan fingerprint density at radius 2 is 0.754 bits per heavy atom. The topological polar surface area (TPSA) is 15.8 Å². The standard InChI is InChI=1S/C12H15N.C11H16.C10H20.3C10H14.CH4/c1-9(2)7-10-8-13-12-6-4-3-5-11(10)12;1-9(2)8-11-6-4-10(3)5-7-11;4*1-9(2)8-10-6-4-3-5-7-10;/h3-6,8-9,13H,7H2,1-2H3;4-7,9H,8H2,1-3H3;9-10H,3-8H2,1-2H3;3*3-7,9H,8H2,1-2H3;1H4. The molecule has 0 radical (unpaired) electrons. The van der Waals surface area contributed by atoms with Crippen molar-refractivity contribution in [2.45, 2.75) is 168 Å². The van der Waals surface area contributed by atoms with Crippen molar-refractivity contribution >= 4 is 10.9 Å². The minimum Gasteiger partial charge on any atom is -0.361 e.